The van der Waals surface area contributed by atoms with Gasteiger partial charge in [0.25, 0.3) is 5.91 Å². The molecule has 1 aromatic rings. The van der Waals surface area contributed by atoms with Gasteiger partial charge in [0.2, 0.25) is 11.8 Å². The van der Waals surface area contributed by atoms with E-state index in [1.54, 1.807) is 45.7 Å². The van der Waals surface area contributed by atoms with Crippen molar-refractivity contribution in [2.45, 2.75) is 62.6 Å². The number of anilines is 1. The number of benzene rings is 1. The van der Waals surface area contributed by atoms with Crippen LogP contribution in [0.3, 0.4) is 0 Å². The quantitative estimate of drug-likeness (QED) is 0.460. The summed E-state index contributed by atoms with van der Waals surface area (Å²) in [7, 11) is 1.74. The summed E-state index contributed by atoms with van der Waals surface area (Å²) in [6.07, 6.45) is 4.67. The first-order chi connectivity index (χ1) is 18.1. The summed E-state index contributed by atoms with van der Waals surface area (Å²) in [6, 6.07) is 4.72. The van der Waals surface area contributed by atoms with Crippen LogP contribution in [0.5, 0.6) is 0 Å². The highest BCUT2D eigenvalue weighted by molar-refractivity contribution is 8.02. The number of rotatable bonds is 10. The van der Waals surface area contributed by atoms with Crippen molar-refractivity contribution in [2.24, 2.45) is 17.8 Å². The van der Waals surface area contributed by atoms with Gasteiger partial charge in [-0.05, 0) is 49.8 Å². The number of nitrogens with zero attached hydrogens (tertiary/aromatic N) is 3. The lowest BCUT2D eigenvalue weighted by Gasteiger charge is -2.42. The molecule has 0 saturated carbocycles. The monoisotopic (exact) mass is 539 g/mol. The third-order valence-corrected chi connectivity index (χ3v) is 10.9. The van der Waals surface area contributed by atoms with Crippen molar-refractivity contribution in [1.82, 2.24) is 9.80 Å². The molecule has 3 aliphatic rings. The molecule has 206 valence electrons. The first kappa shape index (κ1) is 28.4. The Bertz CT molecular complexity index is 1130. The lowest BCUT2D eigenvalue weighted by Crippen LogP contribution is -2.59. The second-order valence-corrected chi connectivity index (χ2v) is 12.6. The number of thioether (sulfide) groups is 1. The largest absolute Gasteiger partial charge is 0.394 e. The van der Waals surface area contributed by atoms with E-state index in [1.165, 1.54) is 0 Å². The molecule has 2 bridgehead atoms. The van der Waals surface area contributed by atoms with Crippen LogP contribution in [-0.2, 0) is 14.4 Å². The minimum Gasteiger partial charge on any atom is -0.394 e. The molecule has 3 heterocycles. The van der Waals surface area contributed by atoms with Gasteiger partial charge < -0.3 is 19.8 Å². The molecule has 4 rings (SSSR count). The molecule has 0 aliphatic carbocycles. The average Bonchev–Trinajstić information content (AvgIpc) is 3.48. The zero-order chi connectivity index (χ0) is 27.9. The minimum atomic E-state index is -0.788. The molecular formula is C30H41N3O4S. The van der Waals surface area contributed by atoms with Crippen LogP contribution in [0.25, 0.3) is 0 Å². The number of hydrogen-bond acceptors (Lipinski definition) is 5. The summed E-state index contributed by atoms with van der Waals surface area (Å²) in [5, 5.41) is 10.3. The fraction of sp³-hybridized carbons (Fsp3) is 0.567. The predicted octanol–water partition coefficient (Wildman–Crippen LogP) is 3.57. The van der Waals surface area contributed by atoms with Crippen molar-refractivity contribution in [1.29, 1.82) is 0 Å². The lowest BCUT2D eigenvalue weighted by atomic mass is 9.65. The van der Waals surface area contributed by atoms with Crippen LogP contribution in [0.2, 0.25) is 0 Å². The van der Waals surface area contributed by atoms with Gasteiger partial charge >= 0.3 is 0 Å². The van der Waals surface area contributed by atoms with Crippen LogP contribution >= 0.6 is 11.8 Å². The molecule has 0 aromatic heterocycles. The van der Waals surface area contributed by atoms with Gasteiger partial charge in [0.1, 0.15) is 6.04 Å². The summed E-state index contributed by atoms with van der Waals surface area (Å²) >= 11 is 1.66. The zero-order valence-corrected chi connectivity index (χ0v) is 24.0. The van der Waals surface area contributed by atoms with Gasteiger partial charge in [-0.1, -0.05) is 38.1 Å². The third kappa shape index (κ3) is 4.20. The molecule has 3 unspecified atom stereocenters. The Labute approximate surface area is 230 Å². The van der Waals surface area contributed by atoms with Crippen molar-refractivity contribution in [3.8, 4) is 0 Å². The lowest BCUT2D eigenvalue weighted by molar-refractivity contribution is -0.145. The highest BCUT2D eigenvalue weighted by Gasteiger charge is 2.76. The standard InChI is InChI=1S/C30H41N3O4S/c1-8-13-31(7)27(35)24-23-16-20(6)30(38-23)25(24)28(36)33(21(10-3)17-34)26(30)29(37)32(14-9-2)22-15-18(4)11-12-19(22)5/h8-9,11-12,15,20-21,23-26,34H,1-2,10,13-14,16-17H2,3-7H3/t20?,21-,23+,24-,25-,26?,30?/m0/s1. The molecule has 7 nitrogen and oxygen atoms in total. The molecule has 3 amide bonds. The summed E-state index contributed by atoms with van der Waals surface area (Å²) in [6.45, 7) is 16.1. The van der Waals surface area contributed by atoms with E-state index in [0.717, 1.165) is 23.2 Å². The number of aliphatic hydroxyl groups is 1. The number of amides is 3. The number of carbonyl (C=O) groups is 3. The summed E-state index contributed by atoms with van der Waals surface area (Å²) < 4.78 is -0.742. The number of aliphatic hydroxyl groups excluding tert-OH is 1. The summed E-state index contributed by atoms with van der Waals surface area (Å²) in [5.41, 5.74) is 2.79. The Kier molecular flexibility index (Phi) is 8.15. The van der Waals surface area contributed by atoms with Crippen molar-refractivity contribution in [2.75, 3.05) is 31.6 Å². The Morgan fingerprint density at radius 2 is 1.92 bits per heavy atom. The molecule has 38 heavy (non-hydrogen) atoms. The van der Waals surface area contributed by atoms with Crippen LogP contribution < -0.4 is 4.90 Å². The summed E-state index contributed by atoms with van der Waals surface area (Å²) in [4.78, 5) is 47.8. The van der Waals surface area contributed by atoms with E-state index in [4.69, 9.17) is 0 Å². The second kappa shape index (κ2) is 10.9. The van der Waals surface area contributed by atoms with Gasteiger partial charge in [-0.25, -0.2) is 0 Å². The van der Waals surface area contributed by atoms with E-state index >= 15 is 0 Å². The van der Waals surface area contributed by atoms with Crippen molar-refractivity contribution < 1.29 is 19.5 Å². The van der Waals surface area contributed by atoms with E-state index in [0.29, 0.717) is 19.5 Å². The highest BCUT2D eigenvalue weighted by atomic mass is 32.2. The predicted molar refractivity (Wildman–Crippen MR) is 153 cm³/mol. The Balaban J connectivity index is 1.87. The number of likely N-dealkylation sites (tertiary alicyclic amines) is 1. The van der Waals surface area contributed by atoms with E-state index in [-0.39, 0.29) is 35.5 Å². The smallest absolute Gasteiger partial charge is 0.251 e. The van der Waals surface area contributed by atoms with Crippen LogP contribution in [-0.4, -0.2) is 81.5 Å². The molecule has 3 saturated heterocycles. The van der Waals surface area contributed by atoms with Gasteiger partial charge in [0.05, 0.1) is 29.2 Å². The number of fused-ring (bicyclic) bond motifs is 1. The molecule has 8 heteroatoms. The third-order valence-electron chi connectivity index (χ3n) is 8.79. The molecular weight excluding hydrogens is 498 g/mol. The molecule has 3 aliphatic heterocycles. The van der Waals surface area contributed by atoms with E-state index < -0.39 is 28.7 Å². The number of likely N-dealkylation sites (N-methyl/N-ethyl adjacent to an activating group) is 1. The Morgan fingerprint density at radius 3 is 2.53 bits per heavy atom. The van der Waals surface area contributed by atoms with Gasteiger partial charge in [0, 0.05) is 31.1 Å². The first-order valence-corrected chi connectivity index (χ1v) is 14.4. The highest BCUT2D eigenvalue weighted by Crippen LogP contribution is 2.69. The Morgan fingerprint density at radius 1 is 1.24 bits per heavy atom. The maximum atomic E-state index is 14.8. The van der Waals surface area contributed by atoms with Crippen LogP contribution in [0.1, 0.15) is 37.8 Å². The molecule has 1 N–H and O–H groups in total. The van der Waals surface area contributed by atoms with E-state index in [9.17, 15) is 19.5 Å². The zero-order valence-electron chi connectivity index (χ0n) is 23.2. The van der Waals surface area contributed by atoms with Crippen LogP contribution in [0.4, 0.5) is 5.69 Å². The molecule has 1 aromatic carbocycles. The molecule has 0 radical (unpaired) electrons. The van der Waals surface area contributed by atoms with Crippen LogP contribution in [0, 0.1) is 31.6 Å². The van der Waals surface area contributed by atoms with Gasteiger partial charge in [-0.15, -0.1) is 24.9 Å². The number of carbonyl (C=O) groups excluding carboxylic acids is 3. The average molecular weight is 540 g/mol. The van der Waals surface area contributed by atoms with Gasteiger partial charge in [-0.3, -0.25) is 14.4 Å². The van der Waals surface area contributed by atoms with E-state index in [1.807, 2.05) is 39.0 Å². The van der Waals surface area contributed by atoms with E-state index in [2.05, 4.69) is 20.1 Å². The first-order valence-electron chi connectivity index (χ1n) is 13.5. The van der Waals surface area contributed by atoms with Crippen molar-refractivity contribution in [3.05, 3.63) is 54.6 Å². The number of aryl methyl sites for hydroxylation is 2. The van der Waals surface area contributed by atoms with Gasteiger partial charge in [0.15, 0.2) is 0 Å². The maximum absolute atomic E-state index is 14.8. The molecule has 7 atom stereocenters. The Hall–Kier alpha value is -2.58. The second-order valence-electron chi connectivity index (χ2n) is 11.1. The fourth-order valence-corrected chi connectivity index (χ4v) is 9.36. The van der Waals surface area contributed by atoms with Crippen molar-refractivity contribution >= 4 is 35.2 Å². The van der Waals surface area contributed by atoms with Crippen molar-refractivity contribution in [3.63, 3.8) is 0 Å². The maximum Gasteiger partial charge on any atom is 0.251 e. The van der Waals surface area contributed by atoms with Crippen LogP contribution in [0.15, 0.2) is 43.5 Å². The number of hydrogen-bond donors (Lipinski definition) is 1. The topological polar surface area (TPSA) is 81.2 Å². The molecule has 1 spiro atoms. The fourth-order valence-electron chi connectivity index (χ4n) is 6.96. The van der Waals surface area contributed by atoms with Gasteiger partial charge in [-0.2, -0.15) is 0 Å². The normalized spacial score (nSPS) is 30.2. The molecule has 3 fully saturated rings. The SMILES string of the molecule is C=CCN(C)C(=O)[C@@H]1[C@H]2C(=O)N([C@@H](CC)CO)C(C(=O)N(CC=C)c3cc(C)ccc3C)C23S[C@@H]1CC3C. The minimum absolute atomic E-state index is 0.0288. The summed E-state index contributed by atoms with van der Waals surface area (Å²) in [5.74, 6) is -1.49.